The van der Waals surface area contributed by atoms with Gasteiger partial charge in [0.15, 0.2) is 0 Å². The van der Waals surface area contributed by atoms with Crippen molar-refractivity contribution in [2.75, 3.05) is 19.5 Å². The van der Waals surface area contributed by atoms with Crippen molar-refractivity contribution in [3.63, 3.8) is 0 Å². The number of anilines is 1. The summed E-state index contributed by atoms with van der Waals surface area (Å²) in [6.45, 7) is 0.606. The van der Waals surface area contributed by atoms with Crippen LogP contribution in [0.25, 0.3) is 22.0 Å². The maximum atomic E-state index is 5.51. The van der Waals surface area contributed by atoms with Gasteiger partial charge in [0.05, 0.1) is 19.7 Å². The molecule has 0 radical (unpaired) electrons. The standard InChI is InChI=1S/C23H21N3O2/c1-27-21-9-5-3-7-17(21)14-24-23-19-13-16(11-12-20(19)25-15-26-23)18-8-4-6-10-22(18)28-2/h3-13,15H,14H2,1-2H3,(H,24,25,26). The Bertz CT molecular complexity index is 1110. The lowest BCUT2D eigenvalue weighted by atomic mass is 10.0. The predicted octanol–water partition coefficient (Wildman–Crippen LogP) is 4.93. The largest absolute Gasteiger partial charge is 0.496 e. The average molecular weight is 371 g/mol. The molecule has 0 unspecified atom stereocenters. The van der Waals surface area contributed by atoms with E-state index in [-0.39, 0.29) is 0 Å². The van der Waals surface area contributed by atoms with E-state index in [9.17, 15) is 0 Å². The van der Waals surface area contributed by atoms with E-state index in [1.54, 1.807) is 20.5 Å². The third kappa shape index (κ3) is 3.47. The van der Waals surface area contributed by atoms with Gasteiger partial charge in [-0.3, -0.25) is 0 Å². The minimum absolute atomic E-state index is 0.606. The molecule has 5 nitrogen and oxygen atoms in total. The zero-order valence-corrected chi connectivity index (χ0v) is 15.8. The molecule has 1 N–H and O–H groups in total. The molecule has 5 heteroatoms. The molecule has 140 valence electrons. The molecule has 0 amide bonds. The third-order valence-electron chi connectivity index (χ3n) is 4.69. The number of aromatic nitrogens is 2. The monoisotopic (exact) mass is 371 g/mol. The Balaban J connectivity index is 1.71. The van der Waals surface area contributed by atoms with Crippen LogP contribution in [-0.2, 0) is 6.54 Å². The Kier molecular flexibility index (Phi) is 5.06. The molecule has 0 aliphatic heterocycles. The Morgan fingerprint density at radius 2 is 1.57 bits per heavy atom. The molecule has 0 fully saturated rings. The van der Waals surface area contributed by atoms with Crippen molar-refractivity contribution in [1.29, 1.82) is 0 Å². The second-order valence-electron chi connectivity index (χ2n) is 6.32. The first-order chi connectivity index (χ1) is 13.8. The number of nitrogens with zero attached hydrogens (tertiary/aromatic N) is 2. The van der Waals surface area contributed by atoms with Crippen molar-refractivity contribution in [1.82, 2.24) is 9.97 Å². The lowest BCUT2D eigenvalue weighted by Gasteiger charge is -2.13. The van der Waals surface area contributed by atoms with Crippen molar-refractivity contribution >= 4 is 16.7 Å². The Hall–Kier alpha value is -3.60. The highest BCUT2D eigenvalue weighted by molar-refractivity contribution is 5.93. The van der Waals surface area contributed by atoms with E-state index >= 15 is 0 Å². The van der Waals surface area contributed by atoms with Crippen LogP contribution in [0, 0.1) is 0 Å². The van der Waals surface area contributed by atoms with Crippen molar-refractivity contribution in [3.05, 3.63) is 78.6 Å². The van der Waals surface area contributed by atoms with Crippen LogP contribution in [0.2, 0.25) is 0 Å². The molecule has 3 aromatic carbocycles. The topological polar surface area (TPSA) is 56.3 Å². The van der Waals surface area contributed by atoms with Gasteiger partial charge in [-0.05, 0) is 29.8 Å². The first-order valence-electron chi connectivity index (χ1n) is 9.04. The van der Waals surface area contributed by atoms with Gasteiger partial charge in [-0.1, -0.05) is 42.5 Å². The Morgan fingerprint density at radius 1 is 0.821 bits per heavy atom. The fraction of sp³-hybridized carbons (Fsp3) is 0.130. The van der Waals surface area contributed by atoms with Crippen LogP contribution in [-0.4, -0.2) is 24.2 Å². The van der Waals surface area contributed by atoms with Gasteiger partial charge in [0.2, 0.25) is 0 Å². The molecule has 4 aromatic rings. The first-order valence-corrected chi connectivity index (χ1v) is 9.04. The highest BCUT2D eigenvalue weighted by Crippen LogP contribution is 2.33. The average Bonchev–Trinajstić information content (AvgIpc) is 2.77. The number of ether oxygens (including phenoxy) is 2. The molecule has 0 bridgehead atoms. The molecular weight excluding hydrogens is 350 g/mol. The van der Waals surface area contributed by atoms with Crippen LogP contribution in [0.4, 0.5) is 5.82 Å². The van der Waals surface area contributed by atoms with E-state index in [0.717, 1.165) is 44.9 Å². The van der Waals surface area contributed by atoms with Gasteiger partial charge in [0.1, 0.15) is 23.6 Å². The van der Waals surface area contributed by atoms with Gasteiger partial charge >= 0.3 is 0 Å². The Morgan fingerprint density at radius 3 is 2.39 bits per heavy atom. The number of rotatable bonds is 6. The van der Waals surface area contributed by atoms with Crippen molar-refractivity contribution in [2.24, 2.45) is 0 Å². The van der Waals surface area contributed by atoms with Crippen LogP contribution >= 0.6 is 0 Å². The van der Waals surface area contributed by atoms with Gasteiger partial charge in [-0.15, -0.1) is 0 Å². The maximum Gasteiger partial charge on any atom is 0.137 e. The molecule has 28 heavy (non-hydrogen) atoms. The zero-order chi connectivity index (χ0) is 19.3. The summed E-state index contributed by atoms with van der Waals surface area (Å²) in [5.74, 6) is 2.47. The third-order valence-corrected chi connectivity index (χ3v) is 4.69. The summed E-state index contributed by atoms with van der Waals surface area (Å²) >= 11 is 0. The van der Waals surface area contributed by atoms with Crippen LogP contribution in [0.1, 0.15) is 5.56 Å². The number of fused-ring (bicyclic) bond motifs is 1. The van der Waals surface area contributed by atoms with E-state index in [4.69, 9.17) is 9.47 Å². The highest BCUT2D eigenvalue weighted by atomic mass is 16.5. The molecule has 1 heterocycles. The number of hydrogen-bond donors (Lipinski definition) is 1. The first kappa shape index (κ1) is 17.8. The zero-order valence-electron chi connectivity index (χ0n) is 15.8. The summed E-state index contributed by atoms with van der Waals surface area (Å²) in [5.41, 5.74) is 4.04. The second-order valence-corrected chi connectivity index (χ2v) is 6.32. The minimum atomic E-state index is 0.606. The van der Waals surface area contributed by atoms with Crippen LogP contribution in [0.3, 0.4) is 0 Å². The number of benzene rings is 3. The second kappa shape index (κ2) is 7.96. The highest BCUT2D eigenvalue weighted by Gasteiger charge is 2.10. The molecule has 0 saturated heterocycles. The summed E-state index contributed by atoms with van der Waals surface area (Å²) in [7, 11) is 3.36. The molecule has 0 aliphatic carbocycles. The van der Waals surface area contributed by atoms with E-state index < -0.39 is 0 Å². The van der Waals surface area contributed by atoms with E-state index in [0.29, 0.717) is 6.54 Å². The predicted molar refractivity (Wildman–Crippen MR) is 112 cm³/mol. The van der Waals surface area contributed by atoms with Gasteiger partial charge in [-0.2, -0.15) is 0 Å². The number of nitrogens with one attached hydrogen (secondary N) is 1. The fourth-order valence-electron chi connectivity index (χ4n) is 3.28. The lowest BCUT2D eigenvalue weighted by molar-refractivity contribution is 0.410. The van der Waals surface area contributed by atoms with Crippen LogP contribution in [0.15, 0.2) is 73.1 Å². The minimum Gasteiger partial charge on any atom is -0.496 e. The molecule has 1 aromatic heterocycles. The van der Waals surface area contributed by atoms with E-state index in [1.807, 2.05) is 54.6 Å². The van der Waals surface area contributed by atoms with Crippen LogP contribution in [0.5, 0.6) is 11.5 Å². The summed E-state index contributed by atoms with van der Waals surface area (Å²) < 4.78 is 10.9. The lowest BCUT2D eigenvalue weighted by Crippen LogP contribution is -2.04. The number of methoxy groups -OCH3 is 2. The summed E-state index contributed by atoms with van der Waals surface area (Å²) in [6.07, 6.45) is 1.58. The van der Waals surface area contributed by atoms with E-state index in [2.05, 4.69) is 27.4 Å². The number of hydrogen-bond acceptors (Lipinski definition) is 5. The summed E-state index contributed by atoms with van der Waals surface area (Å²) in [6, 6.07) is 22.1. The summed E-state index contributed by atoms with van der Waals surface area (Å²) in [5, 5.41) is 4.38. The van der Waals surface area contributed by atoms with Gasteiger partial charge in [-0.25, -0.2) is 9.97 Å². The van der Waals surface area contributed by atoms with Gasteiger partial charge in [0.25, 0.3) is 0 Å². The maximum absolute atomic E-state index is 5.51. The van der Waals surface area contributed by atoms with Crippen molar-refractivity contribution in [3.8, 4) is 22.6 Å². The molecule has 0 saturated carbocycles. The Labute approximate surface area is 164 Å². The molecule has 0 spiro atoms. The molecule has 4 rings (SSSR count). The van der Waals surface area contributed by atoms with Crippen molar-refractivity contribution < 1.29 is 9.47 Å². The summed E-state index contributed by atoms with van der Waals surface area (Å²) in [4.78, 5) is 8.86. The van der Waals surface area contributed by atoms with Gasteiger partial charge in [0, 0.05) is 23.1 Å². The molecule has 0 aliphatic rings. The van der Waals surface area contributed by atoms with Crippen LogP contribution < -0.4 is 14.8 Å². The SMILES string of the molecule is COc1ccccc1CNc1ncnc2ccc(-c3ccccc3OC)cc12. The normalized spacial score (nSPS) is 10.6. The molecular formula is C23H21N3O2. The fourth-order valence-corrected chi connectivity index (χ4v) is 3.28. The number of para-hydroxylation sites is 2. The smallest absolute Gasteiger partial charge is 0.137 e. The van der Waals surface area contributed by atoms with Crippen molar-refractivity contribution in [2.45, 2.75) is 6.54 Å². The quantitative estimate of drug-likeness (QED) is 0.521. The van der Waals surface area contributed by atoms with Gasteiger partial charge < -0.3 is 14.8 Å². The molecule has 0 atom stereocenters. The van der Waals surface area contributed by atoms with E-state index in [1.165, 1.54) is 0 Å².